The molecule has 1 unspecified atom stereocenters. The van der Waals surface area contributed by atoms with Gasteiger partial charge in [-0.05, 0) is 92.4 Å². The molecule has 5 N–H and O–H groups in total. The van der Waals surface area contributed by atoms with Crippen LogP contribution in [-0.4, -0.2) is 77.2 Å². The number of para-hydroxylation sites is 2. The molecule has 0 spiro atoms. The van der Waals surface area contributed by atoms with Crippen LogP contribution in [0.4, 0.5) is 33.2 Å². The molecule has 0 aliphatic carbocycles. The van der Waals surface area contributed by atoms with E-state index in [4.69, 9.17) is 9.72 Å². The van der Waals surface area contributed by atoms with Gasteiger partial charge in [0.1, 0.15) is 11.7 Å². The minimum Gasteiger partial charge on any atom is -0.480 e. The van der Waals surface area contributed by atoms with Crippen LogP contribution in [0.5, 0.6) is 5.88 Å². The van der Waals surface area contributed by atoms with Gasteiger partial charge in [-0.15, -0.1) is 0 Å². The number of aliphatic hydroxyl groups excluding tert-OH is 1. The summed E-state index contributed by atoms with van der Waals surface area (Å²) in [5.41, 5.74) is 8.67. The van der Waals surface area contributed by atoms with Crippen LogP contribution in [0.2, 0.25) is 0 Å². The van der Waals surface area contributed by atoms with Gasteiger partial charge >= 0.3 is 6.03 Å². The predicted molar refractivity (Wildman–Crippen MR) is 234 cm³/mol. The van der Waals surface area contributed by atoms with Crippen LogP contribution in [0.15, 0.2) is 91.0 Å². The van der Waals surface area contributed by atoms with E-state index in [1.165, 1.54) is 18.2 Å². The predicted octanol–water partition coefficient (Wildman–Crippen LogP) is 7.71. The van der Waals surface area contributed by atoms with E-state index in [0.29, 0.717) is 61.7 Å². The molecule has 1 saturated heterocycles. The van der Waals surface area contributed by atoms with Gasteiger partial charge in [-0.2, -0.15) is 0 Å². The van der Waals surface area contributed by atoms with Crippen molar-refractivity contribution in [2.75, 3.05) is 54.1 Å². The zero-order chi connectivity index (χ0) is 41.6. The summed E-state index contributed by atoms with van der Waals surface area (Å²) in [6.07, 6.45) is 1.17. The Kier molecular flexibility index (Phi) is 12.2. The molecule has 4 aromatic carbocycles. The van der Waals surface area contributed by atoms with Gasteiger partial charge in [0.25, 0.3) is 5.91 Å². The van der Waals surface area contributed by atoms with Crippen molar-refractivity contribution in [3.05, 3.63) is 119 Å². The average Bonchev–Trinajstić information content (AvgIpc) is 3.23. The van der Waals surface area contributed by atoms with Gasteiger partial charge in [-0.3, -0.25) is 9.59 Å². The fourth-order valence-electron chi connectivity index (χ4n) is 7.53. The zero-order valence-electron chi connectivity index (χ0n) is 34.1. The van der Waals surface area contributed by atoms with Gasteiger partial charge in [0.15, 0.2) is 0 Å². The Labute approximate surface area is 343 Å². The Balaban J connectivity index is 1.05. The number of amides is 4. The van der Waals surface area contributed by atoms with Crippen LogP contribution < -0.4 is 30.9 Å². The third kappa shape index (κ3) is 9.21. The molecule has 7 rings (SSSR count). The van der Waals surface area contributed by atoms with Crippen LogP contribution in [0.3, 0.4) is 0 Å². The summed E-state index contributed by atoms with van der Waals surface area (Å²) in [7, 11) is 1.47. The van der Waals surface area contributed by atoms with Crippen molar-refractivity contribution in [1.82, 2.24) is 20.2 Å². The van der Waals surface area contributed by atoms with E-state index in [1.807, 2.05) is 61.5 Å². The fourth-order valence-corrected chi connectivity index (χ4v) is 7.53. The molecule has 2 aromatic heterocycles. The van der Waals surface area contributed by atoms with Crippen molar-refractivity contribution >= 4 is 68.1 Å². The quantitative estimate of drug-likeness (QED) is 0.0782. The summed E-state index contributed by atoms with van der Waals surface area (Å²) in [6, 6.07) is 27.7. The molecule has 0 bridgehead atoms. The highest BCUT2D eigenvalue weighted by atomic mass is 16.5. The molecule has 59 heavy (non-hydrogen) atoms. The van der Waals surface area contributed by atoms with Crippen molar-refractivity contribution in [3.8, 4) is 5.88 Å². The van der Waals surface area contributed by atoms with E-state index in [-0.39, 0.29) is 29.8 Å². The van der Waals surface area contributed by atoms with Crippen LogP contribution >= 0.6 is 0 Å². The molecular weight excluding hydrogens is 745 g/mol. The van der Waals surface area contributed by atoms with Gasteiger partial charge < -0.3 is 40.9 Å². The number of aryl methyl sites for hydroxylation is 3. The number of hydrogen-bond donors (Lipinski definition) is 5. The lowest BCUT2D eigenvalue weighted by Crippen LogP contribution is -2.50. The minimum atomic E-state index is -0.965. The largest absolute Gasteiger partial charge is 0.480 e. The van der Waals surface area contributed by atoms with Gasteiger partial charge in [-0.1, -0.05) is 55.8 Å². The average molecular weight is 795 g/mol. The lowest BCUT2D eigenvalue weighted by molar-refractivity contribution is -0.117. The first-order valence-electron chi connectivity index (χ1n) is 19.9. The number of carbonyl (C=O) groups is 3. The fraction of sp³-hybridized carbons (Fsp3) is 0.283. The lowest BCUT2D eigenvalue weighted by Gasteiger charge is -2.36. The highest BCUT2D eigenvalue weighted by molar-refractivity contribution is 6.09. The van der Waals surface area contributed by atoms with Crippen molar-refractivity contribution in [3.63, 3.8) is 0 Å². The standard InChI is InChI=1S/C46H50N8O5/c1-6-11-38-37(26-41(45(51-38)59-5)52-46(58)54-18-16-53(17-19-54)34-21-28(2)20-29(3)22-34)44(57)47-30(4)43(56)49-33-24-31(27-55)23-32(25-33)48-42-35-12-7-9-14-39(35)50-40-15-10-8-13-36(40)42/h7-10,12-15,20-26,30,55H,6,11,16-19,27H2,1-5H3,(H,47,57)(H,48,50)(H,49,56)(H,52,58). The Hall–Kier alpha value is -6.73. The van der Waals surface area contributed by atoms with Crippen molar-refractivity contribution < 1.29 is 24.2 Å². The highest BCUT2D eigenvalue weighted by Crippen LogP contribution is 2.34. The number of rotatable bonds is 12. The monoisotopic (exact) mass is 794 g/mol. The van der Waals surface area contributed by atoms with Crippen LogP contribution in [0.25, 0.3) is 21.8 Å². The molecule has 1 aliphatic heterocycles. The number of pyridine rings is 2. The highest BCUT2D eigenvalue weighted by Gasteiger charge is 2.26. The van der Waals surface area contributed by atoms with Crippen molar-refractivity contribution in [2.45, 2.75) is 53.2 Å². The Bertz CT molecular complexity index is 2460. The molecule has 4 amide bonds. The number of hydrogen-bond acceptors (Lipinski definition) is 9. The van der Waals surface area contributed by atoms with Crippen LogP contribution in [-0.2, 0) is 17.8 Å². The van der Waals surface area contributed by atoms with E-state index in [1.54, 1.807) is 30.0 Å². The second-order valence-electron chi connectivity index (χ2n) is 14.9. The summed E-state index contributed by atoms with van der Waals surface area (Å²) in [5, 5.41) is 24.2. The molecule has 1 aliphatic rings. The van der Waals surface area contributed by atoms with Crippen molar-refractivity contribution in [2.24, 2.45) is 0 Å². The number of nitrogens with zero attached hydrogens (tertiary/aromatic N) is 4. The maximum absolute atomic E-state index is 13.9. The number of nitrogens with one attached hydrogen (secondary N) is 4. The van der Waals surface area contributed by atoms with Crippen molar-refractivity contribution in [1.29, 1.82) is 0 Å². The Morgan fingerprint density at radius 3 is 2.08 bits per heavy atom. The lowest BCUT2D eigenvalue weighted by atomic mass is 10.1. The van der Waals surface area contributed by atoms with Crippen LogP contribution in [0, 0.1) is 13.8 Å². The van der Waals surface area contributed by atoms with E-state index in [2.05, 4.69) is 63.2 Å². The molecular formula is C46H50N8O5. The molecule has 0 saturated carbocycles. The number of methoxy groups -OCH3 is 1. The van der Waals surface area contributed by atoms with E-state index < -0.39 is 17.9 Å². The first kappa shape index (κ1) is 40.5. The second kappa shape index (κ2) is 17.8. The van der Waals surface area contributed by atoms with Gasteiger partial charge in [0.05, 0.1) is 41.7 Å². The Morgan fingerprint density at radius 1 is 0.814 bits per heavy atom. The number of carbonyl (C=O) groups excluding carboxylic acids is 3. The summed E-state index contributed by atoms with van der Waals surface area (Å²) < 4.78 is 5.57. The minimum absolute atomic E-state index is 0.193. The molecule has 304 valence electrons. The number of aliphatic hydroxyl groups is 1. The summed E-state index contributed by atoms with van der Waals surface area (Å²) in [4.78, 5) is 54.5. The van der Waals surface area contributed by atoms with Gasteiger partial charge in [-0.25, -0.2) is 14.8 Å². The van der Waals surface area contributed by atoms with E-state index in [9.17, 15) is 19.5 Å². The zero-order valence-corrected chi connectivity index (χ0v) is 34.1. The van der Waals surface area contributed by atoms with Gasteiger partial charge in [0, 0.05) is 54.0 Å². The number of fused-ring (bicyclic) bond motifs is 2. The molecule has 6 aromatic rings. The van der Waals surface area contributed by atoms with Gasteiger partial charge in [0.2, 0.25) is 11.8 Å². The molecule has 1 fully saturated rings. The maximum atomic E-state index is 13.9. The second-order valence-corrected chi connectivity index (χ2v) is 14.9. The molecule has 0 radical (unpaired) electrons. The molecule has 1 atom stereocenters. The van der Waals surface area contributed by atoms with Crippen LogP contribution in [0.1, 0.15) is 53.0 Å². The number of anilines is 5. The summed E-state index contributed by atoms with van der Waals surface area (Å²) in [6.45, 7) is 9.85. The molecule has 13 heteroatoms. The normalized spacial score (nSPS) is 13.3. The number of aromatic nitrogens is 2. The smallest absolute Gasteiger partial charge is 0.322 e. The number of ether oxygens (including phenoxy) is 1. The first-order chi connectivity index (χ1) is 28.5. The SMILES string of the molecule is CCCc1nc(OC)c(NC(=O)N2CCN(c3cc(C)cc(C)c3)CC2)cc1C(=O)NC(C)C(=O)Nc1cc(CO)cc(Nc2c3ccccc3nc3ccccc23)c1. The topological polar surface area (TPSA) is 161 Å². The number of urea groups is 1. The summed E-state index contributed by atoms with van der Waals surface area (Å²) in [5.74, 6) is -0.795. The molecule has 3 heterocycles. The first-order valence-corrected chi connectivity index (χ1v) is 19.9. The van der Waals surface area contributed by atoms with E-state index in [0.717, 1.165) is 33.2 Å². The Morgan fingerprint density at radius 2 is 1.46 bits per heavy atom. The number of piperazine rings is 1. The number of benzene rings is 4. The third-order valence-corrected chi connectivity index (χ3v) is 10.4. The van der Waals surface area contributed by atoms with E-state index >= 15 is 0 Å². The molecule has 13 nitrogen and oxygen atoms in total. The third-order valence-electron chi connectivity index (χ3n) is 10.4. The maximum Gasteiger partial charge on any atom is 0.322 e. The summed E-state index contributed by atoms with van der Waals surface area (Å²) >= 11 is 0.